The normalized spacial score (nSPS) is 11.6. The number of hydrogen-bond acceptors (Lipinski definition) is 8. The average molecular weight is 444 g/mol. The first-order valence-corrected chi connectivity index (χ1v) is 10.6. The Labute approximate surface area is 186 Å². The van der Waals surface area contributed by atoms with Crippen LogP contribution in [0.2, 0.25) is 0 Å². The Morgan fingerprint density at radius 3 is 2.50 bits per heavy atom. The van der Waals surface area contributed by atoms with E-state index in [1.807, 2.05) is 13.8 Å². The van der Waals surface area contributed by atoms with E-state index in [0.717, 1.165) is 4.73 Å². The van der Waals surface area contributed by atoms with Crippen molar-refractivity contribution in [3.8, 4) is 11.5 Å². The second kappa shape index (κ2) is 9.37. The molecule has 0 amide bonds. The van der Waals surface area contributed by atoms with E-state index in [2.05, 4.69) is 15.3 Å². The molecule has 1 aromatic carbocycles. The van der Waals surface area contributed by atoms with Gasteiger partial charge in [-0.1, -0.05) is 19.1 Å². The van der Waals surface area contributed by atoms with Crippen LogP contribution in [0.15, 0.2) is 23.3 Å². The number of carbonyl (C=O) groups is 1. The Hall–Kier alpha value is -3.43. The highest BCUT2D eigenvalue weighted by atomic mass is 16.7. The lowest BCUT2D eigenvalue weighted by atomic mass is 9.98. The third kappa shape index (κ3) is 4.58. The second-order valence-corrected chi connectivity index (χ2v) is 8.26. The molecule has 0 radical (unpaired) electrons. The first-order chi connectivity index (χ1) is 15.2. The Bertz CT molecular complexity index is 1160. The van der Waals surface area contributed by atoms with Crippen LogP contribution >= 0.6 is 0 Å². The highest BCUT2D eigenvalue weighted by molar-refractivity contribution is 5.86. The van der Waals surface area contributed by atoms with Gasteiger partial charge in [0.1, 0.15) is 12.4 Å². The van der Waals surface area contributed by atoms with E-state index in [1.54, 1.807) is 43.9 Å². The minimum atomic E-state index is -0.771. The van der Waals surface area contributed by atoms with Crippen molar-refractivity contribution in [2.75, 3.05) is 13.7 Å². The van der Waals surface area contributed by atoms with Crippen molar-refractivity contribution in [2.45, 2.75) is 54.0 Å². The molecule has 0 aliphatic heterocycles. The Kier molecular flexibility index (Phi) is 6.81. The van der Waals surface area contributed by atoms with Crippen molar-refractivity contribution in [1.29, 1.82) is 0 Å². The minimum Gasteiger partial charge on any atom is -0.493 e. The van der Waals surface area contributed by atoms with Gasteiger partial charge in [-0.25, -0.2) is 14.5 Å². The maximum absolute atomic E-state index is 13.4. The van der Waals surface area contributed by atoms with Gasteiger partial charge >= 0.3 is 5.97 Å². The molecule has 0 saturated heterocycles. The summed E-state index contributed by atoms with van der Waals surface area (Å²) in [4.78, 5) is 36.0. The lowest BCUT2D eigenvalue weighted by Crippen LogP contribution is -2.39. The number of fused-ring (bicyclic) bond motifs is 1. The molecule has 32 heavy (non-hydrogen) atoms. The molecule has 0 atom stereocenters. The van der Waals surface area contributed by atoms with Crippen LogP contribution in [0.4, 0.5) is 0 Å². The highest BCUT2D eigenvalue weighted by Gasteiger charge is 2.27. The minimum absolute atomic E-state index is 0.329. The highest BCUT2D eigenvalue weighted by Crippen LogP contribution is 2.36. The number of nitrogens with zero attached hydrogens (tertiary/aromatic N) is 5. The number of aromatic nitrogens is 5. The van der Waals surface area contributed by atoms with Crippen LogP contribution in [0.5, 0.6) is 11.5 Å². The van der Waals surface area contributed by atoms with Crippen LogP contribution in [0.3, 0.4) is 0 Å². The molecule has 10 nitrogen and oxygen atoms in total. The molecule has 2 aromatic heterocycles. The predicted molar refractivity (Wildman–Crippen MR) is 118 cm³/mol. The van der Waals surface area contributed by atoms with Crippen molar-refractivity contribution in [3.63, 3.8) is 0 Å². The summed E-state index contributed by atoms with van der Waals surface area (Å²) in [6.45, 7) is 9.76. The van der Waals surface area contributed by atoms with Gasteiger partial charge in [0.2, 0.25) is 0 Å². The zero-order valence-corrected chi connectivity index (χ0v) is 19.3. The summed E-state index contributed by atoms with van der Waals surface area (Å²) in [5.41, 5.74) is -0.120. The molecule has 3 aromatic rings. The van der Waals surface area contributed by atoms with Gasteiger partial charge in [0, 0.05) is 24.2 Å². The molecule has 10 heteroatoms. The maximum atomic E-state index is 13.4. The SMILES string of the molecule is CCc1c(OC)c(OCCn2ccnn2)cc2nc(CC)n(OC(=O)C(C)(C)C)c(=O)c12. The van der Waals surface area contributed by atoms with E-state index < -0.39 is 16.9 Å². The number of benzene rings is 1. The summed E-state index contributed by atoms with van der Waals surface area (Å²) >= 11 is 0. The Morgan fingerprint density at radius 2 is 1.94 bits per heavy atom. The molecule has 0 aliphatic rings. The van der Waals surface area contributed by atoms with E-state index in [9.17, 15) is 9.59 Å². The van der Waals surface area contributed by atoms with E-state index in [0.29, 0.717) is 59.8 Å². The molecular formula is C22H29N5O5. The second-order valence-electron chi connectivity index (χ2n) is 8.26. The van der Waals surface area contributed by atoms with Crippen LogP contribution in [-0.2, 0) is 24.2 Å². The van der Waals surface area contributed by atoms with Crippen LogP contribution in [-0.4, -0.2) is 44.4 Å². The first kappa shape index (κ1) is 23.2. The summed E-state index contributed by atoms with van der Waals surface area (Å²) in [7, 11) is 1.52. The molecule has 0 unspecified atom stereocenters. The molecule has 0 saturated carbocycles. The average Bonchev–Trinajstić information content (AvgIpc) is 3.27. The zero-order chi connectivity index (χ0) is 23.5. The van der Waals surface area contributed by atoms with Gasteiger partial charge < -0.3 is 14.3 Å². The predicted octanol–water partition coefficient (Wildman–Crippen LogP) is 2.20. The number of carbonyl (C=O) groups excluding carboxylic acids is 1. The zero-order valence-electron chi connectivity index (χ0n) is 19.3. The number of methoxy groups -OCH3 is 1. The molecule has 0 aliphatic carbocycles. The van der Waals surface area contributed by atoms with Crippen molar-refractivity contribution in [3.05, 3.63) is 40.2 Å². The van der Waals surface area contributed by atoms with Gasteiger partial charge in [-0.05, 0) is 27.2 Å². The summed E-state index contributed by atoms with van der Waals surface area (Å²) in [6, 6.07) is 1.69. The molecule has 172 valence electrons. The quantitative estimate of drug-likeness (QED) is 0.521. The largest absolute Gasteiger partial charge is 0.493 e. The fourth-order valence-corrected chi connectivity index (χ4v) is 3.21. The monoisotopic (exact) mass is 443 g/mol. The molecule has 0 bridgehead atoms. The topological polar surface area (TPSA) is 110 Å². The summed E-state index contributed by atoms with van der Waals surface area (Å²) in [6.07, 6.45) is 4.24. The van der Waals surface area contributed by atoms with Gasteiger partial charge in [0.05, 0.1) is 36.2 Å². The summed E-state index contributed by atoms with van der Waals surface area (Å²) < 4.78 is 14.2. The molecule has 3 rings (SSSR count). The van der Waals surface area contributed by atoms with E-state index >= 15 is 0 Å². The van der Waals surface area contributed by atoms with Crippen molar-refractivity contribution < 1.29 is 19.1 Å². The first-order valence-electron chi connectivity index (χ1n) is 10.6. The van der Waals surface area contributed by atoms with Crippen molar-refractivity contribution in [2.24, 2.45) is 5.41 Å². The molecule has 2 heterocycles. The Morgan fingerprint density at radius 1 is 1.19 bits per heavy atom. The smallest absolute Gasteiger partial charge is 0.338 e. The van der Waals surface area contributed by atoms with Gasteiger partial charge in [-0.15, -0.1) is 9.83 Å². The number of hydrogen-bond donors (Lipinski definition) is 0. The number of rotatable bonds is 8. The summed E-state index contributed by atoms with van der Waals surface area (Å²) in [5.74, 6) is 0.764. The third-order valence-electron chi connectivity index (χ3n) is 4.92. The van der Waals surface area contributed by atoms with Crippen LogP contribution < -0.4 is 19.9 Å². The van der Waals surface area contributed by atoms with E-state index in [4.69, 9.17) is 14.3 Å². The third-order valence-corrected chi connectivity index (χ3v) is 4.92. The van der Waals surface area contributed by atoms with Crippen LogP contribution in [0, 0.1) is 5.41 Å². The molecule has 0 spiro atoms. The summed E-state index contributed by atoms with van der Waals surface area (Å²) in [5, 5.41) is 8.03. The van der Waals surface area contributed by atoms with Gasteiger partial charge in [-0.2, -0.15) is 0 Å². The fourth-order valence-electron chi connectivity index (χ4n) is 3.21. The Balaban J connectivity index is 2.10. The number of aryl methyl sites for hydroxylation is 2. The lowest BCUT2D eigenvalue weighted by molar-refractivity contribution is -0.154. The van der Waals surface area contributed by atoms with Gasteiger partial charge in [-0.3, -0.25) is 4.79 Å². The van der Waals surface area contributed by atoms with Gasteiger partial charge in [0.15, 0.2) is 11.5 Å². The number of ether oxygens (including phenoxy) is 2. The molecule has 0 N–H and O–H groups in total. The molecular weight excluding hydrogens is 414 g/mol. The van der Waals surface area contributed by atoms with E-state index in [1.165, 1.54) is 7.11 Å². The van der Waals surface area contributed by atoms with Crippen molar-refractivity contribution in [1.82, 2.24) is 24.7 Å². The van der Waals surface area contributed by atoms with Crippen LogP contribution in [0.25, 0.3) is 10.9 Å². The van der Waals surface area contributed by atoms with Crippen LogP contribution in [0.1, 0.15) is 46.0 Å². The standard InChI is InChI=1S/C22H29N5O5/c1-7-14-18-15(13-16(19(14)30-6)31-12-11-26-10-9-23-25-26)24-17(8-2)27(20(18)28)32-21(29)22(3,4)5/h9-10,13H,7-8,11-12H2,1-6H3. The lowest BCUT2D eigenvalue weighted by Gasteiger charge is -2.20. The maximum Gasteiger partial charge on any atom is 0.338 e. The van der Waals surface area contributed by atoms with E-state index in [-0.39, 0.29) is 0 Å². The fraction of sp³-hybridized carbons (Fsp3) is 0.500. The molecule has 0 fully saturated rings. The van der Waals surface area contributed by atoms with Crippen molar-refractivity contribution >= 4 is 16.9 Å². The van der Waals surface area contributed by atoms with Gasteiger partial charge in [0.25, 0.3) is 5.56 Å².